The maximum Gasteiger partial charge on any atom is 0.141 e. The summed E-state index contributed by atoms with van der Waals surface area (Å²) in [6.45, 7) is 11.5. The standard InChI is InChI=1S/C19H26N6.C15H20N4.C2H6.CH4/c1-14-7-4-5-9-16(14)17(11-20)24-19(21)15-8-6-10-25(13-15)18(23-3)12-22-2;1-11-5-2-3-7-13(11)14(9-16)19-15(17)12-6-4-8-18-10-12;1-2;/h4-5,7,9,11-12,15,20-21H,6,8,10,13H2,1-3H3;2-3,5,7,9,12,16-18H,4,6,8,10H2,1H3;1-2H3;1H4. The molecule has 2 aromatic rings. The molecule has 2 atom stereocenters. The molecular weight excluding hydrogens is 584 g/mol. The molecule has 2 aromatic carbocycles. The molecule has 0 radical (unpaired) electrons. The van der Waals surface area contributed by atoms with Crippen molar-refractivity contribution in [1.82, 2.24) is 10.2 Å². The lowest BCUT2D eigenvalue weighted by atomic mass is 9.96. The molecule has 2 aliphatic rings. The fraction of sp³-hybridized carbons (Fsp3) is 0.459. The molecule has 2 unspecified atom stereocenters. The van der Waals surface area contributed by atoms with Crippen LogP contribution >= 0.6 is 0 Å². The minimum Gasteiger partial charge on any atom is -0.355 e. The third kappa shape index (κ3) is 12.4. The highest BCUT2D eigenvalue weighted by Crippen LogP contribution is 2.19. The first kappa shape index (κ1) is 40.6. The number of piperidine rings is 2. The SMILES string of the molecule is C.CC.CN=CC(=NC)N1CCCC(C(=N)N=C(C=N)c2ccccc2C)C1.Cc1ccccc1C(C=N)=NC(=N)C1CCCNC1. The molecule has 0 bridgehead atoms. The Hall–Kier alpha value is -4.44. The highest BCUT2D eigenvalue weighted by atomic mass is 15.2. The van der Waals surface area contributed by atoms with Gasteiger partial charge in [0.1, 0.15) is 17.5 Å². The molecule has 47 heavy (non-hydrogen) atoms. The molecule has 10 heteroatoms. The van der Waals surface area contributed by atoms with Crippen molar-refractivity contribution in [3.8, 4) is 0 Å². The van der Waals surface area contributed by atoms with Gasteiger partial charge >= 0.3 is 0 Å². The van der Waals surface area contributed by atoms with Gasteiger partial charge in [-0.05, 0) is 57.2 Å². The lowest BCUT2D eigenvalue weighted by Gasteiger charge is -2.33. The van der Waals surface area contributed by atoms with Crippen LogP contribution in [-0.2, 0) is 0 Å². The summed E-state index contributed by atoms with van der Waals surface area (Å²) in [5.41, 5.74) is 5.10. The maximum absolute atomic E-state index is 8.44. The summed E-state index contributed by atoms with van der Waals surface area (Å²) in [4.78, 5) is 19.3. The van der Waals surface area contributed by atoms with Crippen LogP contribution in [0.3, 0.4) is 0 Å². The van der Waals surface area contributed by atoms with Crippen molar-refractivity contribution in [1.29, 1.82) is 21.6 Å². The van der Waals surface area contributed by atoms with Crippen molar-refractivity contribution in [2.45, 2.75) is 60.8 Å². The number of nitrogens with zero attached hydrogens (tertiary/aromatic N) is 5. The van der Waals surface area contributed by atoms with E-state index in [0.29, 0.717) is 29.6 Å². The van der Waals surface area contributed by atoms with Crippen molar-refractivity contribution >= 4 is 47.6 Å². The van der Waals surface area contributed by atoms with Gasteiger partial charge in [0, 0.05) is 69.1 Å². The number of likely N-dealkylation sites (tertiary alicyclic amines) is 1. The number of hydrogen-bond acceptors (Lipinski definition) is 7. The first-order valence-electron chi connectivity index (χ1n) is 16.1. The van der Waals surface area contributed by atoms with Crippen LogP contribution in [0.15, 0.2) is 68.5 Å². The Bertz CT molecular complexity index is 1430. The Morgan fingerprint density at radius 2 is 1.32 bits per heavy atom. The van der Waals surface area contributed by atoms with Crippen LogP contribution in [0.5, 0.6) is 0 Å². The summed E-state index contributed by atoms with van der Waals surface area (Å²) in [6, 6.07) is 15.7. The summed E-state index contributed by atoms with van der Waals surface area (Å²) >= 11 is 0. The lowest BCUT2D eigenvalue weighted by molar-refractivity contribution is 0.306. The smallest absolute Gasteiger partial charge is 0.141 e. The number of rotatable bonds is 7. The van der Waals surface area contributed by atoms with Crippen molar-refractivity contribution in [2.75, 3.05) is 40.3 Å². The van der Waals surface area contributed by atoms with Crippen LogP contribution in [0.2, 0.25) is 0 Å². The van der Waals surface area contributed by atoms with Crippen molar-refractivity contribution in [3.63, 3.8) is 0 Å². The molecule has 5 N–H and O–H groups in total. The van der Waals surface area contributed by atoms with Crippen molar-refractivity contribution in [2.24, 2.45) is 31.8 Å². The predicted octanol–water partition coefficient (Wildman–Crippen LogP) is 6.92. The van der Waals surface area contributed by atoms with Crippen molar-refractivity contribution < 1.29 is 0 Å². The monoisotopic (exact) mass is 640 g/mol. The second-order valence-electron chi connectivity index (χ2n) is 11.0. The number of amidine groups is 3. The Balaban J connectivity index is 0.000000451. The normalized spacial score (nSPS) is 18.5. The van der Waals surface area contributed by atoms with E-state index in [2.05, 4.69) is 30.2 Å². The van der Waals surface area contributed by atoms with Crippen LogP contribution in [0, 0.1) is 47.3 Å². The van der Waals surface area contributed by atoms with Gasteiger partial charge in [0.2, 0.25) is 0 Å². The topological polar surface area (TPSA) is 160 Å². The van der Waals surface area contributed by atoms with E-state index in [-0.39, 0.29) is 19.3 Å². The predicted molar refractivity (Wildman–Crippen MR) is 204 cm³/mol. The average molecular weight is 641 g/mol. The van der Waals surface area contributed by atoms with Crippen LogP contribution in [0.4, 0.5) is 0 Å². The van der Waals surface area contributed by atoms with Gasteiger partial charge in [-0.25, -0.2) is 9.98 Å². The Morgan fingerprint density at radius 1 is 0.809 bits per heavy atom. The van der Waals surface area contributed by atoms with Crippen LogP contribution in [0.25, 0.3) is 0 Å². The third-order valence-corrected chi connectivity index (χ3v) is 7.89. The van der Waals surface area contributed by atoms with Crippen molar-refractivity contribution in [3.05, 3.63) is 70.8 Å². The highest BCUT2D eigenvalue weighted by molar-refractivity contribution is 6.40. The molecule has 0 aliphatic carbocycles. The van der Waals surface area contributed by atoms with Gasteiger partial charge in [-0.1, -0.05) is 69.8 Å². The van der Waals surface area contributed by atoms with Gasteiger partial charge in [-0.15, -0.1) is 0 Å². The molecule has 0 amide bonds. The summed E-state index contributed by atoms with van der Waals surface area (Å²) in [5.74, 6) is 1.77. The maximum atomic E-state index is 8.44. The first-order chi connectivity index (χ1) is 22.3. The summed E-state index contributed by atoms with van der Waals surface area (Å²) in [5, 5.41) is 35.1. The number of hydrogen-bond donors (Lipinski definition) is 5. The second kappa shape index (κ2) is 22.1. The minimum absolute atomic E-state index is 0. The Kier molecular flexibility index (Phi) is 19.1. The Morgan fingerprint density at radius 3 is 1.77 bits per heavy atom. The fourth-order valence-electron chi connectivity index (χ4n) is 5.39. The van der Waals surface area contributed by atoms with E-state index in [1.165, 1.54) is 12.4 Å². The van der Waals surface area contributed by atoms with E-state index in [9.17, 15) is 0 Å². The van der Waals surface area contributed by atoms with Gasteiger partial charge in [0.15, 0.2) is 0 Å². The zero-order chi connectivity index (χ0) is 33.9. The molecule has 0 saturated carbocycles. The molecule has 0 aromatic heterocycles. The van der Waals surface area contributed by atoms with Gasteiger partial charge in [-0.2, -0.15) is 0 Å². The summed E-state index contributed by atoms with van der Waals surface area (Å²) in [6.07, 6.45) is 8.25. The van der Waals surface area contributed by atoms with Gasteiger partial charge in [-0.3, -0.25) is 20.8 Å². The molecule has 254 valence electrons. The number of nitrogens with one attached hydrogen (secondary N) is 5. The Labute approximate surface area is 282 Å². The van der Waals surface area contributed by atoms with E-state index in [1.807, 2.05) is 76.2 Å². The number of aliphatic imine (C=N–C) groups is 4. The van der Waals surface area contributed by atoms with Gasteiger partial charge < -0.3 is 21.0 Å². The van der Waals surface area contributed by atoms with E-state index in [4.69, 9.17) is 21.6 Å². The molecule has 2 aliphatic heterocycles. The van der Waals surface area contributed by atoms with Crippen LogP contribution in [0.1, 0.15) is 69.2 Å². The zero-order valence-electron chi connectivity index (χ0n) is 28.4. The summed E-state index contributed by atoms with van der Waals surface area (Å²) < 4.78 is 0. The summed E-state index contributed by atoms with van der Waals surface area (Å²) in [7, 11) is 3.49. The van der Waals surface area contributed by atoms with E-state index < -0.39 is 0 Å². The number of aryl methyl sites for hydroxylation is 2. The fourth-order valence-corrected chi connectivity index (χ4v) is 5.39. The molecule has 2 fully saturated rings. The highest BCUT2D eigenvalue weighted by Gasteiger charge is 2.25. The molecule has 0 spiro atoms. The third-order valence-electron chi connectivity index (χ3n) is 7.89. The lowest BCUT2D eigenvalue weighted by Crippen LogP contribution is -2.42. The second-order valence-corrected chi connectivity index (χ2v) is 11.0. The molecule has 2 heterocycles. The minimum atomic E-state index is 0. The van der Waals surface area contributed by atoms with Crippen LogP contribution in [-0.4, -0.2) is 92.7 Å². The molecule has 10 nitrogen and oxygen atoms in total. The van der Waals surface area contributed by atoms with Gasteiger partial charge in [0.25, 0.3) is 0 Å². The molecule has 2 saturated heterocycles. The zero-order valence-corrected chi connectivity index (χ0v) is 28.4. The number of benzene rings is 2. The van der Waals surface area contributed by atoms with E-state index in [0.717, 1.165) is 73.4 Å². The van der Waals surface area contributed by atoms with E-state index >= 15 is 0 Å². The largest absolute Gasteiger partial charge is 0.355 e. The average Bonchev–Trinajstić information content (AvgIpc) is 3.10. The van der Waals surface area contributed by atoms with Crippen LogP contribution < -0.4 is 5.32 Å². The molecule has 4 rings (SSSR count). The first-order valence-corrected chi connectivity index (χ1v) is 16.1. The van der Waals surface area contributed by atoms with Gasteiger partial charge in [0.05, 0.1) is 17.6 Å². The molecular formula is C37H56N10. The van der Waals surface area contributed by atoms with E-state index in [1.54, 1.807) is 20.3 Å². The quantitative estimate of drug-likeness (QED) is 0.164.